The second-order valence-corrected chi connectivity index (χ2v) is 7.72. The van der Waals surface area contributed by atoms with Crippen LogP contribution < -0.4 is 9.47 Å². The van der Waals surface area contributed by atoms with Crippen LogP contribution in [0.2, 0.25) is 5.02 Å². The Kier molecular flexibility index (Phi) is 7.88. The molecule has 3 aromatic rings. The van der Waals surface area contributed by atoms with Crippen LogP contribution in [0.15, 0.2) is 72.8 Å². The van der Waals surface area contributed by atoms with Gasteiger partial charge in [-0.2, -0.15) is 0 Å². The molecule has 0 atom stereocenters. The van der Waals surface area contributed by atoms with Gasteiger partial charge in [-0.1, -0.05) is 48.0 Å². The van der Waals surface area contributed by atoms with Crippen molar-refractivity contribution in [1.29, 1.82) is 0 Å². The van der Waals surface area contributed by atoms with Crippen LogP contribution in [-0.2, 0) is 0 Å². The monoisotopic (exact) mass is 435 g/mol. The fourth-order valence-electron chi connectivity index (χ4n) is 3.02. The fourth-order valence-corrected chi connectivity index (χ4v) is 3.26. The number of likely N-dealkylation sites (N-methyl/N-ethyl adjacent to an activating group) is 1. The van der Waals surface area contributed by atoms with E-state index >= 15 is 0 Å². The standard InChI is InChI=1S/C26H26ClNO3/c1-28(2)15-16-31-26-14-11-21(19-7-5-4-6-8-19)17-23(26)25(29)13-10-20-9-12-22(30-3)18-24(20)27/h4-14,17-18H,15-16H2,1-3H3/b13-10+. The molecule has 3 aromatic carbocycles. The first-order chi connectivity index (χ1) is 15.0. The Morgan fingerprint density at radius 3 is 2.45 bits per heavy atom. The average Bonchev–Trinajstić information content (AvgIpc) is 2.78. The van der Waals surface area contributed by atoms with Gasteiger partial charge in [-0.05, 0) is 73.3 Å². The normalized spacial score (nSPS) is 11.1. The minimum atomic E-state index is -0.149. The largest absolute Gasteiger partial charge is 0.497 e. The Balaban J connectivity index is 1.90. The lowest BCUT2D eigenvalue weighted by molar-refractivity contribution is 0.104. The Hall–Kier alpha value is -3.08. The molecule has 0 unspecified atom stereocenters. The second-order valence-electron chi connectivity index (χ2n) is 7.31. The SMILES string of the molecule is COc1ccc(/C=C/C(=O)c2cc(-c3ccccc3)ccc2OCCN(C)C)c(Cl)c1. The minimum Gasteiger partial charge on any atom is -0.497 e. The van der Waals surface area contributed by atoms with Crippen LogP contribution in [0, 0.1) is 0 Å². The van der Waals surface area contributed by atoms with E-state index in [1.54, 1.807) is 19.3 Å². The van der Waals surface area contributed by atoms with E-state index in [1.165, 1.54) is 6.08 Å². The second kappa shape index (κ2) is 10.8. The molecule has 0 spiro atoms. The van der Waals surface area contributed by atoms with Crippen LogP contribution in [0.1, 0.15) is 15.9 Å². The van der Waals surface area contributed by atoms with Crippen molar-refractivity contribution >= 4 is 23.5 Å². The van der Waals surface area contributed by atoms with E-state index in [0.29, 0.717) is 28.7 Å². The van der Waals surface area contributed by atoms with Crippen molar-refractivity contribution in [2.24, 2.45) is 0 Å². The maximum absolute atomic E-state index is 13.1. The highest BCUT2D eigenvalue weighted by Crippen LogP contribution is 2.28. The average molecular weight is 436 g/mol. The Labute approximate surface area is 188 Å². The zero-order valence-corrected chi connectivity index (χ0v) is 18.7. The number of allylic oxidation sites excluding steroid dienone is 1. The molecule has 5 heteroatoms. The van der Waals surface area contributed by atoms with Crippen LogP contribution in [-0.4, -0.2) is 45.0 Å². The van der Waals surface area contributed by atoms with Crippen molar-refractivity contribution in [3.63, 3.8) is 0 Å². The Morgan fingerprint density at radius 2 is 1.77 bits per heavy atom. The molecule has 0 aliphatic carbocycles. The number of benzene rings is 3. The van der Waals surface area contributed by atoms with Gasteiger partial charge in [0.05, 0.1) is 17.7 Å². The highest BCUT2D eigenvalue weighted by atomic mass is 35.5. The van der Waals surface area contributed by atoms with E-state index in [9.17, 15) is 4.79 Å². The van der Waals surface area contributed by atoms with Crippen molar-refractivity contribution in [3.05, 3.63) is 89.0 Å². The molecular formula is C26H26ClNO3. The van der Waals surface area contributed by atoms with Crippen molar-refractivity contribution < 1.29 is 14.3 Å². The third-order valence-corrected chi connectivity index (χ3v) is 5.10. The predicted octanol–water partition coefficient (Wildman–Crippen LogP) is 5.85. The first-order valence-electron chi connectivity index (χ1n) is 10.0. The van der Waals surface area contributed by atoms with Crippen LogP contribution in [0.5, 0.6) is 11.5 Å². The summed E-state index contributed by atoms with van der Waals surface area (Å²) in [5.41, 5.74) is 3.25. The Bertz CT molecular complexity index is 1060. The molecule has 4 nitrogen and oxygen atoms in total. The maximum atomic E-state index is 13.1. The van der Waals surface area contributed by atoms with Gasteiger partial charge in [0.25, 0.3) is 0 Å². The number of hydrogen-bond acceptors (Lipinski definition) is 4. The molecule has 0 saturated carbocycles. The number of rotatable bonds is 9. The lowest BCUT2D eigenvalue weighted by atomic mass is 10.00. The number of carbonyl (C=O) groups is 1. The molecular weight excluding hydrogens is 410 g/mol. The van der Waals surface area contributed by atoms with E-state index in [-0.39, 0.29) is 5.78 Å². The summed E-state index contributed by atoms with van der Waals surface area (Å²) < 4.78 is 11.1. The number of hydrogen-bond donors (Lipinski definition) is 0. The van der Waals surface area contributed by atoms with Gasteiger partial charge in [0.15, 0.2) is 5.78 Å². The minimum absolute atomic E-state index is 0.149. The summed E-state index contributed by atoms with van der Waals surface area (Å²) in [6.07, 6.45) is 3.24. The van der Waals surface area contributed by atoms with Crippen LogP contribution in [0.3, 0.4) is 0 Å². The van der Waals surface area contributed by atoms with Gasteiger partial charge in [-0.15, -0.1) is 0 Å². The van der Waals surface area contributed by atoms with Crippen molar-refractivity contribution in [2.45, 2.75) is 0 Å². The van der Waals surface area contributed by atoms with Gasteiger partial charge in [0.1, 0.15) is 18.1 Å². The van der Waals surface area contributed by atoms with Crippen molar-refractivity contribution in [3.8, 4) is 22.6 Å². The summed E-state index contributed by atoms with van der Waals surface area (Å²) >= 11 is 6.30. The first-order valence-corrected chi connectivity index (χ1v) is 10.4. The molecule has 0 amide bonds. The van der Waals surface area contributed by atoms with E-state index in [0.717, 1.165) is 23.2 Å². The molecule has 0 aliphatic heterocycles. The number of halogens is 1. The molecule has 0 aromatic heterocycles. The molecule has 31 heavy (non-hydrogen) atoms. The molecule has 0 radical (unpaired) electrons. The molecule has 0 saturated heterocycles. The zero-order chi connectivity index (χ0) is 22.2. The molecule has 160 valence electrons. The highest BCUT2D eigenvalue weighted by molar-refractivity contribution is 6.32. The Morgan fingerprint density at radius 1 is 1.00 bits per heavy atom. The maximum Gasteiger partial charge on any atom is 0.189 e. The lowest BCUT2D eigenvalue weighted by Gasteiger charge is -2.14. The van der Waals surface area contributed by atoms with Gasteiger partial charge >= 0.3 is 0 Å². The molecule has 0 N–H and O–H groups in total. The van der Waals surface area contributed by atoms with Crippen LogP contribution >= 0.6 is 11.6 Å². The van der Waals surface area contributed by atoms with Gasteiger partial charge in [-0.3, -0.25) is 4.79 Å². The number of carbonyl (C=O) groups excluding carboxylic acids is 1. The zero-order valence-electron chi connectivity index (χ0n) is 18.0. The third kappa shape index (κ3) is 6.20. The van der Waals surface area contributed by atoms with Crippen molar-refractivity contribution in [1.82, 2.24) is 4.90 Å². The molecule has 0 fully saturated rings. The number of ketones is 1. The summed E-state index contributed by atoms with van der Waals surface area (Å²) in [6, 6.07) is 21.0. The van der Waals surface area contributed by atoms with Gasteiger partial charge in [0, 0.05) is 6.54 Å². The number of methoxy groups -OCH3 is 1. The van der Waals surface area contributed by atoms with E-state index < -0.39 is 0 Å². The summed E-state index contributed by atoms with van der Waals surface area (Å²) in [4.78, 5) is 15.1. The van der Waals surface area contributed by atoms with E-state index in [4.69, 9.17) is 21.1 Å². The fraction of sp³-hybridized carbons (Fsp3) is 0.192. The summed E-state index contributed by atoms with van der Waals surface area (Å²) in [5.74, 6) is 1.09. The lowest BCUT2D eigenvalue weighted by Crippen LogP contribution is -2.20. The number of ether oxygens (including phenoxy) is 2. The predicted molar refractivity (Wildman–Crippen MR) is 127 cm³/mol. The topological polar surface area (TPSA) is 38.8 Å². The first kappa shape index (κ1) is 22.6. The molecule has 0 bridgehead atoms. The number of nitrogens with zero attached hydrogens (tertiary/aromatic N) is 1. The van der Waals surface area contributed by atoms with Gasteiger partial charge in [-0.25, -0.2) is 0 Å². The highest BCUT2D eigenvalue weighted by Gasteiger charge is 2.13. The summed E-state index contributed by atoms with van der Waals surface area (Å²) in [6.45, 7) is 1.25. The molecule has 0 heterocycles. The van der Waals surface area contributed by atoms with E-state index in [1.807, 2.05) is 79.7 Å². The van der Waals surface area contributed by atoms with E-state index in [2.05, 4.69) is 0 Å². The molecule has 3 rings (SSSR count). The smallest absolute Gasteiger partial charge is 0.189 e. The quantitative estimate of drug-likeness (QED) is 0.312. The van der Waals surface area contributed by atoms with Crippen molar-refractivity contribution in [2.75, 3.05) is 34.4 Å². The summed E-state index contributed by atoms with van der Waals surface area (Å²) in [7, 11) is 5.55. The van der Waals surface area contributed by atoms with Crippen LogP contribution in [0.4, 0.5) is 0 Å². The van der Waals surface area contributed by atoms with Gasteiger partial charge in [0.2, 0.25) is 0 Å². The van der Waals surface area contributed by atoms with Gasteiger partial charge < -0.3 is 14.4 Å². The van der Waals surface area contributed by atoms with Crippen LogP contribution in [0.25, 0.3) is 17.2 Å². The summed E-state index contributed by atoms with van der Waals surface area (Å²) in [5, 5.41) is 0.517. The third-order valence-electron chi connectivity index (χ3n) is 4.77. The molecule has 0 aliphatic rings.